The van der Waals surface area contributed by atoms with Gasteiger partial charge in [-0.05, 0) is 43.9 Å². The Morgan fingerprint density at radius 3 is 2.12 bits per heavy atom. The normalized spacial score (nSPS) is 10.4. The second-order valence-electron chi connectivity index (χ2n) is 6.22. The van der Waals surface area contributed by atoms with Gasteiger partial charge < -0.3 is 15.3 Å². The van der Waals surface area contributed by atoms with E-state index in [1.54, 1.807) is 17.9 Å². The smallest absolute Gasteiger partial charge is 0.336 e. The molecule has 138 valence electrons. The largest absolute Gasteiger partial charge is 0.478 e. The van der Waals surface area contributed by atoms with Crippen LogP contribution < -0.4 is 5.32 Å². The van der Waals surface area contributed by atoms with Crippen molar-refractivity contribution in [3.05, 3.63) is 28.8 Å². The first-order chi connectivity index (χ1) is 11.8. The zero-order chi connectivity index (χ0) is 19.0. The van der Waals surface area contributed by atoms with Crippen LogP contribution in [0.1, 0.15) is 61.0 Å². The van der Waals surface area contributed by atoms with E-state index in [0.29, 0.717) is 24.3 Å². The predicted molar refractivity (Wildman–Crippen MR) is 97.9 cm³/mol. The molecule has 0 heterocycles. The van der Waals surface area contributed by atoms with Crippen LogP contribution in [0, 0.1) is 13.8 Å². The van der Waals surface area contributed by atoms with Gasteiger partial charge in [-0.25, -0.2) is 4.79 Å². The highest BCUT2D eigenvalue weighted by Crippen LogP contribution is 2.21. The van der Waals surface area contributed by atoms with Crippen LogP contribution >= 0.6 is 0 Å². The van der Waals surface area contributed by atoms with E-state index in [1.165, 1.54) is 6.07 Å². The lowest BCUT2D eigenvalue weighted by Gasteiger charge is -2.21. The Morgan fingerprint density at radius 2 is 1.60 bits per heavy atom. The first-order valence-corrected chi connectivity index (χ1v) is 8.72. The maximum absolute atomic E-state index is 12.2. The summed E-state index contributed by atoms with van der Waals surface area (Å²) in [4.78, 5) is 37.4. The van der Waals surface area contributed by atoms with Gasteiger partial charge in [0, 0.05) is 31.6 Å². The highest BCUT2D eigenvalue weighted by molar-refractivity contribution is 5.96. The van der Waals surface area contributed by atoms with E-state index in [2.05, 4.69) is 5.32 Å². The Morgan fingerprint density at radius 1 is 1.00 bits per heavy atom. The van der Waals surface area contributed by atoms with Gasteiger partial charge in [0.1, 0.15) is 0 Å². The molecule has 2 N–H and O–H groups in total. The lowest BCUT2D eigenvalue weighted by molar-refractivity contribution is -0.132. The van der Waals surface area contributed by atoms with Gasteiger partial charge in [0.25, 0.3) is 0 Å². The molecule has 2 amide bonds. The number of hydrogen-bond acceptors (Lipinski definition) is 3. The summed E-state index contributed by atoms with van der Waals surface area (Å²) in [5.74, 6) is -1.34. The maximum Gasteiger partial charge on any atom is 0.336 e. The van der Waals surface area contributed by atoms with Crippen molar-refractivity contribution in [1.82, 2.24) is 4.90 Å². The summed E-state index contributed by atoms with van der Waals surface area (Å²) in [5, 5.41) is 11.9. The fourth-order valence-corrected chi connectivity index (χ4v) is 2.71. The number of rotatable bonds is 9. The van der Waals surface area contributed by atoms with Gasteiger partial charge in [0.2, 0.25) is 11.8 Å². The zero-order valence-corrected chi connectivity index (χ0v) is 15.5. The van der Waals surface area contributed by atoms with Crippen molar-refractivity contribution in [3.8, 4) is 0 Å². The van der Waals surface area contributed by atoms with E-state index >= 15 is 0 Å². The molecule has 0 spiro atoms. The minimum atomic E-state index is -1.03. The minimum absolute atomic E-state index is 0.0225. The van der Waals surface area contributed by atoms with E-state index in [9.17, 15) is 19.5 Å². The molecule has 0 aliphatic heterocycles. The number of carboxylic acids is 1. The average Bonchev–Trinajstić information content (AvgIpc) is 2.54. The monoisotopic (exact) mass is 348 g/mol. The number of hydrogen-bond donors (Lipinski definition) is 2. The Bertz CT molecular complexity index is 635. The van der Waals surface area contributed by atoms with Crippen LogP contribution in [0.2, 0.25) is 0 Å². The fraction of sp³-hybridized carbons (Fsp3) is 0.526. The van der Waals surface area contributed by atoms with Crippen molar-refractivity contribution in [3.63, 3.8) is 0 Å². The van der Waals surface area contributed by atoms with Gasteiger partial charge in [0.15, 0.2) is 0 Å². The van der Waals surface area contributed by atoms with Crippen LogP contribution in [-0.2, 0) is 9.59 Å². The van der Waals surface area contributed by atoms with Gasteiger partial charge in [-0.3, -0.25) is 9.59 Å². The number of amides is 2. The van der Waals surface area contributed by atoms with Crippen molar-refractivity contribution >= 4 is 23.5 Å². The van der Waals surface area contributed by atoms with Gasteiger partial charge >= 0.3 is 5.97 Å². The van der Waals surface area contributed by atoms with Crippen LogP contribution in [0.15, 0.2) is 12.1 Å². The molecule has 6 nitrogen and oxygen atoms in total. The number of benzene rings is 1. The summed E-state index contributed by atoms with van der Waals surface area (Å²) in [6.45, 7) is 8.97. The lowest BCUT2D eigenvalue weighted by Crippen LogP contribution is -2.33. The molecule has 0 saturated heterocycles. The van der Waals surface area contributed by atoms with Crippen molar-refractivity contribution in [1.29, 1.82) is 0 Å². The second kappa shape index (κ2) is 9.81. The summed E-state index contributed by atoms with van der Waals surface area (Å²) in [6, 6.07) is 3.20. The highest BCUT2D eigenvalue weighted by Gasteiger charge is 2.15. The molecule has 0 bridgehead atoms. The molecule has 0 fully saturated rings. The van der Waals surface area contributed by atoms with E-state index in [-0.39, 0.29) is 30.2 Å². The Kier molecular flexibility index (Phi) is 8.11. The van der Waals surface area contributed by atoms with Crippen LogP contribution in [0.5, 0.6) is 0 Å². The van der Waals surface area contributed by atoms with Crippen LogP contribution in [0.25, 0.3) is 0 Å². The van der Waals surface area contributed by atoms with E-state index in [4.69, 9.17) is 0 Å². The SMILES string of the molecule is CCCN(CCC)C(=O)CCC(=O)Nc1cc(C(=O)O)c(C)cc1C. The van der Waals surface area contributed by atoms with Crippen molar-refractivity contribution in [2.75, 3.05) is 18.4 Å². The maximum atomic E-state index is 12.2. The molecule has 0 aliphatic rings. The molecule has 6 heteroatoms. The highest BCUT2D eigenvalue weighted by atomic mass is 16.4. The zero-order valence-electron chi connectivity index (χ0n) is 15.5. The fourth-order valence-electron chi connectivity index (χ4n) is 2.71. The summed E-state index contributed by atoms with van der Waals surface area (Å²) < 4.78 is 0. The third-order valence-corrected chi connectivity index (χ3v) is 3.98. The number of nitrogens with one attached hydrogen (secondary N) is 1. The quantitative estimate of drug-likeness (QED) is 0.716. The number of carbonyl (C=O) groups is 3. The topological polar surface area (TPSA) is 86.7 Å². The van der Waals surface area contributed by atoms with E-state index in [1.807, 2.05) is 20.8 Å². The molecular formula is C19H28N2O4. The first kappa shape index (κ1) is 20.7. The van der Waals surface area contributed by atoms with Crippen molar-refractivity contribution < 1.29 is 19.5 Å². The van der Waals surface area contributed by atoms with Gasteiger partial charge in [-0.15, -0.1) is 0 Å². The third kappa shape index (κ3) is 6.21. The summed E-state index contributed by atoms with van der Waals surface area (Å²) in [5.41, 5.74) is 2.07. The predicted octanol–water partition coefficient (Wildman–Crippen LogP) is 3.37. The first-order valence-electron chi connectivity index (χ1n) is 8.72. The molecule has 1 aromatic carbocycles. The van der Waals surface area contributed by atoms with Crippen LogP contribution in [0.3, 0.4) is 0 Å². The van der Waals surface area contributed by atoms with E-state index in [0.717, 1.165) is 18.4 Å². The molecule has 0 radical (unpaired) electrons. The van der Waals surface area contributed by atoms with Gasteiger partial charge in [-0.1, -0.05) is 19.9 Å². The summed E-state index contributed by atoms with van der Waals surface area (Å²) in [6.07, 6.45) is 2.01. The Hall–Kier alpha value is -2.37. The lowest BCUT2D eigenvalue weighted by atomic mass is 10.0. The van der Waals surface area contributed by atoms with Gasteiger partial charge in [-0.2, -0.15) is 0 Å². The molecule has 0 atom stereocenters. The van der Waals surface area contributed by atoms with E-state index < -0.39 is 5.97 Å². The molecule has 1 aromatic rings. The second-order valence-corrected chi connectivity index (χ2v) is 6.22. The third-order valence-electron chi connectivity index (χ3n) is 3.98. The number of aryl methyl sites for hydroxylation is 2. The Labute approximate surface area is 149 Å². The molecule has 25 heavy (non-hydrogen) atoms. The number of carbonyl (C=O) groups excluding carboxylic acids is 2. The molecule has 1 rings (SSSR count). The standard InChI is InChI=1S/C19H28N2O4/c1-5-9-21(10-6-2)18(23)8-7-17(22)20-16-12-15(19(24)25)13(3)11-14(16)4/h11-12H,5-10H2,1-4H3,(H,20,22)(H,24,25). The van der Waals surface area contributed by atoms with Crippen LogP contribution in [0.4, 0.5) is 5.69 Å². The number of aromatic carboxylic acids is 1. The molecule has 0 saturated carbocycles. The van der Waals surface area contributed by atoms with Crippen molar-refractivity contribution in [2.45, 2.75) is 53.4 Å². The van der Waals surface area contributed by atoms with Crippen LogP contribution in [-0.4, -0.2) is 40.9 Å². The minimum Gasteiger partial charge on any atom is -0.478 e. The molecular weight excluding hydrogens is 320 g/mol. The molecule has 0 aromatic heterocycles. The van der Waals surface area contributed by atoms with Crippen molar-refractivity contribution in [2.24, 2.45) is 0 Å². The summed E-state index contributed by atoms with van der Waals surface area (Å²) >= 11 is 0. The van der Waals surface area contributed by atoms with Gasteiger partial charge in [0.05, 0.1) is 5.56 Å². The number of nitrogens with zero attached hydrogens (tertiary/aromatic N) is 1. The number of carboxylic acid groups (broad SMARTS) is 1. The molecule has 0 aliphatic carbocycles. The number of anilines is 1. The molecule has 0 unspecified atom stereocenters. The Balaban J connectivity index is 2.69. The average molecular weight is 348 g/mol. The summed E-state index contributed by atoms with van der Waals surface area (Å²) in [7, 11) is 0.